The molecular weight excluding hydrogens is 304 g/mol. The van der Waals surface area contributed by atoms with Crippen LogP contribution in [0.5, 0.6) is 0 Å². The van der Waals surface area contributed by atoms with Crippen molar-refractivity contribution < 1.29 is 14.7 Å². The first-order valence-electron chi connectivity index (χ1n) is 8.78. The third-order valence-corrected chi connectivity index (χ3v) is 5.22. The lowest BCUT2D eigenvalue weighted by atomic mass is 10.00. The zero-order valence-corrected chi connectivity index (χ0v) is 14.4. The Morgan fingerprint density at radius 3 is 2.21 bits per heavy atom. The molecule has 0 aromatic heterocycles. The monoisotopic (exact) mass is 330 g/mol. The van der Waals surface area contributed by atoms with Crippen LogP contribution in [-0.4, -0.2) is 59.5 Å². The average molecular weight is 330 g/mol. The second-order valence-electron chi connectivity index (χ2n) is 7.13. The van der Waals surface area contributed by atoms with Crippen LogP contribution < -0.4 is 0 Å². The lowest BCUT2D eigenvalue weighted by Gasteiger charge is -2.34. The lowest BCUT2D eigenvalue weighted by molar-refractivity contribution is -0.141. The predicted molar refractivity (Wildman–Crippen MR) is 91.6 cm³/mol. The van der Waals surface area contributed by atoms with Crippen molar-refractivity contribution in [2.75, 3.05) is 32.8 Å². The van der Waals surface area contributed by atoms with Crippen LogP contribution in [0.15, 0.2) is 24.3 Å². The molecule has 1 aliphatic heterocycles. The summed E-state index contributed by atoms with van der Waals surface area (Å²) in [6.07, 6.45) is 0.926. The highest BCUT2D eigenvalue weighted by molar-refractivity contribution is 5.83. The number of aliphatic hydroxyl groups is 1. The maximum Gasteiger partial charge on any atom is 0.248 e. The van der Waals surface area contributed by atoms with Gasteiger partial charge < -0.3 is 14.9 Å². The Labute approximate surface area is 143 Å². The van der Waals surface area contributed by atoms with Crippen molar-refractivity contribution in [3.63, 3.8) is 0 Å². The third-order valence-electron chi connectivity index (χ3n) is 5.22. The molecule has 5 heteroatoms. The molecule has 1 saturated carbocycles. The first-order chi connectivity index (χ1) is 11.5. The fourth-order valence-corrected chi connectivity index (χ4v) is 3.48. The second-order valence-corrected chi connectivity index (χ2v) is 7.13. The molecule has 0 bridgehead atoms. The van der Waals surface area contributed by atoms with Gasteiger partial charge in [0, 0.05) is 32.1 Å². The number of rotatable bonds is 4. The summed E-state index contributed by atoms with van der Waals surface area (Å²) in [5.41, 5.74) is 2.58. The number of carbonyl (C=O) groups is 2. The van der Waals surface area contributed by atoms with E-state index in [1.54, 1.807) is 4.90 Å². The van der Waals surface area contributed by atoms with Crippen molar-refractivity contribution in [2.24, 2.45) is 5.92 Å². The van der Waals surface area contributed by atoms with E-state index in [1.807, 2.05) is 4.90 Å². The molecule has 1 aromatic carbocycles. The Kier molecular flexibility index (Phi) is 4.90. The number of hydrogen-bond acceptors (Lipinski definition) is 3. The number of carbonyl (C=O) groups excluding carboxylic acids is 2. The van der Waals surface area contributed by atoms with Gasteiger partial charge in [-0.15, -0.1) is 0 Å². The van der Waals surface area contributed by atoms with E-state index in [4.69, 9.17) is 5.11 Å². The quantitative estimate of drug-likeness (QED) is 0.912. The van der Waals surface area contributed by atoms with Crippen molar-refractivity contribution in [1.29, 1.82) is 0 Å². The number of amides is 2. The lowest BCUT2D eigenvalue weighted by Crippen LogP contribution is -2.51. The van der Waals surface area contributed by atoms with Gasteiger partial charge in [0.25, 0.3) is 0 Å². The minimum absolute atomic E-state index is 0.0926. The highest BCUT2D eigenvalue weighted by Gasteiger charge is 2.46. The van der Waals surface area contributed by atoms with Crippen LogP contribution >= 0.6 is 0 Å². The molecule has 5 nitrogen and oxygen atoms in total. The number of benzene rings is 1. The molecular formula is C19H26N2O3. The van der Waals surface area contributed by atoms with E-state index >= 15 is 0 Å². The minimum atomic E-state index is -0.453. The molecule has 1 saturated heterocycles. The van der Waals surface area contributed by atoms with Gasteiger partial charge in [0.2, 0.25) is 11.8 Å². The maximum absolute atomic E-state index is 12.6. The molecule has 2 atom stereocenters. The molecule has 0 spiro atoms. The Balaban J connectivity index is 1.54. The Bertz CT molecular complexity index is 604. The fraction of sp³-hybridized carbons (Fsp3) is 0.579. The van der Waals surface area contributed by atoms with Crippen LogP contribution in [0.3, 0.4) is 0 Å². The Morgan fingerprint density at radius 1 is 1.08 bits per heavy atom. The van der Waals surface area contributed by atoms with E-state index in [-0.39, 0.29) is 17.7 Å². The van der Waals surface area contributed by atoms with Crippen LogP contribution in [0.1, 0.15) is 43.2 Å². The average Bonchev–Trinajstić information content (AvgIpc) is 3.41. The zero-order chi connectivity index (χ0) is 17.3. The normalized spacial score (nSPS) is 23.5. The second kappa shape index (κ2) is 6.93. The molecule has 2 fully saturated rings. The fourth-order valence-electron chi connectivity index (χ4n) is 3.48. The smallest absolute Gasteiger partial charge is 0.248 e. The Morgan fingerprint density at radius 2 is 1.67 bits per heavy atom. The van der Waals surface area contributed by atoms with Crippen molar-refractivity contribution in [3.8, 4) is 0 Å². The highest BCUT2D eigenvalue weighted by atomic mass is 16.3. The number of nitrogens with zero attached hydrogens (tertiary/aromatic N) is 2. The van der Waals surface area contributed by atoms with E-state index in [9.17, 15) is 9.59 Å². The predicted octanol–water partition coefficient (Wildman–Crippen LogP) is 1.58. The summed E-state index contributed by atoms with van der Waals surface area (Å²) in [5.74, 6) is 0.917. The first-order valence-corrected chi connectivity index (χ1v) is 8.78. The van der Waals surface area contributed by atoms with Crippen molar-refractivity contribution in [2.45, 2.75) is 32.1 Å². The molecule has 0 radical (unpaired) electrons. The summed E-state index contributed by atoms with van der Waals surface area (Å²) in [7, 11) is 0. The molecule has 1 aliphatic carbocycles. The maximum atomic E-state index is 12.6. The number of aliphatic hydroxyl groups excluding tert-OH is 1. The van der Waals surface area contributed by atoms with Gasteiger partial charge in [-0.2, -0.15) is 0 Å². The van der Waals surface area contributed by atoms with Gasteiger partial charge in [0.15, 0.2) is 0 Å². The Hall–Kier alpha value is -1.88. The van der Waals surface area contributed by atoms with Gasteiger partial charge in [0.05, 0.1) is 0 Å². The largest absolute Gasteiger partial charge is 0.387 e. The van der Waals surface area contributed by atoms with E-state index < -0.39 is 6.61 Å². The van der Waals surface area contributed by atoms with E-state index in [0.717, 1.165) is 6.42 Å². The summed E-state index contributed by atoms with van der Waals surface area (Å²) in [6.45, 7) is 6.08. The molecule has 1 heterocycles. The molecule has 1 aromatic rings. The minimum Gasteiger partial charge on any atom is -0.387 e. The van der Waals surface area contributed by atoms with Crippen LogP contribution in [0, 0.1) is 5.92 Å². The van der Waals surface area contributed by atoms with E-state index in [0.29, 0.717) is 38.0 Å². The molecule has 2 aliphatic rings. The molecule has 2 amide bonds. The topological polar surface area (TPSA) is 60.9 Å². The summed E-state index contributed by atoms with van der Waals surface area (Å²) < 4.78 is 0. The standard InChI is InChI=1S/C19H26N2O3/c1-13(2)14-3-5-15(6-4-14)16-11-17(16)19(24)21-9-7-20(8-10-21)18(23)12-22/h3-6,13,16-17,22H,7-12H2,1-2H3. The third kappa shape index (κ3) is 3.46. The van der Waals surface area contributed by atoms with Crippen LogP contribution in [-0.2, 0) is 9.59 Å². The van der Waals surface area contributed by atoms with Gasteiger partial charge >= 0.3 is 0 Å². The van der Waals surface area contributed by atoms with Crippen LogP contribution in [0.25, 0.3) is 0 Å². The molecule has 2 unspecified atom stereocenters. The van der Waals surface area contributed by atoms with E-state index in [2.05, 4.69) is 38.1 Å². The first kappa shape index (κ1) is 17.0. The molecule has 3 rings (SSSR count). The van der Waals surface area contributed by atoms with Gasteiger partial charge in [-0.1, -0.05) is 38.1 Å². The van der Waals surface area contributed by atoms with Crippen LogP contribution in [0.2, 0.25) is 0 Å². The molecule has 24 heavy (non-hydrogen) atoms. The zero-order valence-electron chi connectivity index (χ0n) is 14.4. The van der Waals surface area contributed by atoms with Gasteiger partial charge in [-0.3, -0.25) is 9.59 Å². The molecule has 130 valence electrons. The van der Waals surface area contributed by atoms with E-state index in [1.165, 1.54) is 11.1 Å². The number of hydrogen-bond donors (Lipinski definition) is 1. The summed E-state index contributed by atoms with van der Waals surface area (Å²) >= 11 is 0. The van der Waals surface area contributed by atoms with Crippen LogP contribution in [0.4, 0.5) is 0 Å². The number of piperazine rings is 1. The summed E-state index contributed by atoms with van der Waals surface area (Å²) in [6, 6.07) is 8.65. The summed E-state index contributed by atoms with van der Waals surface area (Å²) in [5, 5.41) is 8.90. The van der Waals surface area contributed by atoms with Crippen molar-refractivity contribution >= 4 is 11.8 Å². The van der Waals surface area contributed by atoms with Gasteiger partial charge in [-0.25, -0.2) is 0 Å². The van der Waals surface area contributed by atoms with Crippen molar-refractivity contribution in [3.05, 3.63) is 35.4 Å². The SMILES string of the molecule is CC(C)c1ccc(C2CC2C(=O)N2CCN(C(=O)CO)CC2)cc1. The van der Waals surface area contributed by atoms with Gasteiger partial charge in [-0.05, 0) is 29.4 Å². The summed E-state index contributed by atoms with van der Waals surface area (Å²) in [4.78, 5) is 27.6. The van der Waals surface area contributed by atoms with Gasteiger partial charge in [0.1, 0.15) is 6.61 Å². The highest BCUT2D eigenvalue weighted by Crippen LogP contribution is 2.48. The molecule has 1 N–H and O–H groups in total. The van der Waals surface area contributed by atoms with Crippen molar-refractivity contribution in [1.82, 2.24) is 9.80 Å².